The standard InChI is InChI=1S/C21H27ClN2O/c1-3-9-23-10-12-24(13-11-23)21(25)18-6-4-5-17(14-18)20-15-19(22)8-7-16(20)2/h4-8,14-15,21,25H,3,9-13H2,1-2H3. The van der Waals surface area contributed by atoms with E-state index < -0.39 is 6.23 Å². The zero-order chi connectivity index (χ0) is 17.8. The van der Waals surface area contributed by atoms with Crippen LogP contribution in [-0.4, -0.2) is 47.6 Å². The van der Waals surface area contributed by atoms with E-state index in [-0.39, 0.29) is 0 Å². The van der Waals surface area contributed by atoms with Crippen molar-refractivity contribution in [3.63, 3.8) is 0 Å². The van der Waals surface area contributed by atoms with Gasteiger partial charge in [-0.2, -0.15) is 0 Å². The average Bonchev–Trinajstić information content (AvgIpc) is 2.64. The van der Waals surface area contributed by atoms with Gasteiger partial charge in [0.2, 0.25) is 0 Å². The summed E-state index contributed by atoms with van der Waals surface area (Å²) in [5.41, 5.74) is 4.35. The minimum atomic E-state index is -0.553. The third kappa shape index (κ3) is 4.42. The van der Waals surface area contributed by atoms with Crippen molar-refractivity contribution < 1.29 is 5.11 Å². The maximum atomic E-state index is 10.8. The summed E-state index contributed by atoms with van der Waals surface area (Å²) in [6, 6.07) is 14.1. The Kier molecular flexibility index (Phi) is 6.13. The van der Waals surface area contributed by atoms with Crippen LogP contribution >= 0.6 is 11.6 Å². The summed E-state index contributed by atoms with van der Waals surface area (Å²) < 4.78 is 0. The number of halogens is 1. The Morgan fingerprint density at radius 2 is 1.84 bits per heavy atom. The molecule has 3 rings (SSSR count). The van der Waals surface area contributed by atoms with Crippen LogP contribution in [0.25, 0.3) is 11.1 Å². The number of benzene rings is 2. The number of nitrogens with zero attached hydrogens (tertiary/aromatic N) is 2. The van der Waals surface area contributed by atoms with E-state index in [0.717, 1.165) is 54.4 Å². The Bertz CT molecular complexity index is 711. The Morgan fingerprint density at radius 3 is 2.56 bits per heavy atom. The Hall–Kier alpha value is -1.39. The molecule has 4 heteroatoms. The molecule has 2 aromatic carbocycles. The van der Waals surface area contributed by atoms with Crippen LogP contribution in [0.1, 0.15) is 30.7 Å². The highest BCUT2D eigenvalue weighted by atomic mass is 35.5. The summed E-state index contributed by atoms with van der Waals surface area (Å²) in [4.78, 5) is 4.63. The molecule has 1 saturated heterocycles. The first-order valence-corrected chi connectivity index (χ1v) is 9.47. The van der Waals surface area contributed by atoms with Crippen LogP contribution in [0.2, 0.25) is 5.02 Å². The van der Waals surface area contributed by atoms with Crippen molar-refractivity contribution in [2.75, 3.05) is 32.7 Å². The van der Waals surface area contributed by atoms with Gasteiger partial charge in [-0.15, -0.1) is 0 Å². The number of hydrogen-bond donors (Lipinski definition) is 1. The molecule has 1 fully saturated rings. The average molecular weight is 359 g/mol. The fourth-order valence-electron chi connectivity index (χ4n) is 3.53. The van der Waals surface area contributed by atoms with Crippen molar-refractivity contribution in [2.45, 2.75) is 26.5 Å². The van der Waals surface area contributed by atoms with Crippen molar-refractivity contribution in [3.8, 4) is 11.1 Å². The predicted molar refractivity (Wildman–Crippen MR) is 105 cm³/mol. The van der Waals surface area contributed by atoms with Crippen LogP contribution in [0.5, 0.6) is 0 Å². The normalized spacial score (nSPS) is 17.6. The lowest BCUT2D eigenvalue weighted by atomic mass is 9.98. The van der Waals surface area contributed by atoms with Gasteiger partial charge in [0.25, 0.3) is 0 Å². The van der Waals surface area contributed by atoms with Crippen molar-refractivity contribution in [3.05, 3.63) is 58.6 Å². The largest absolute Gasteiger partial charge is 0.374 e. The molecule has 0 amide bonds. The molecule has 0 aromatic heterocycles. The molecule has 1 aliphatic heterocycles. The lowest BCUT2D eigenvalue weighted by molar-refractivity contribution is -0.0271. The quantitative estimate of drug-likeness (QED) is 0.861. The number of piperazine rings is 1. The van der Waals surface area contributed by atoms with Gasteiger partial charge >= 0.3 is 0 Å². The topological polar surface area (TPSA) is 26.7 Å². The summed E-state index contributed by atoms with van der Waals surface area (Å²) in [7, 11) is 0. The van der Waals surface area contributed by atoms with Crippen molar-refractivity contribution in [2.24, 2.45) is 0 Å². The van der Waals surface area contributed by atoms with Crippen LogP contribution in [0.4, 0.5) is 0 Å². The molecule has 1 heterocycles. The minimum Gasteiger partial charge on any atom is -0.374 e. The van der Waals surface area contributed by atoms with Crippen LogP contribution in [0.3, 0.4) is 0 Å². The molecular formula is C21H27ClN2O. The van der Waals surface area contributed by atoms with E-state index in [2.05, 4.69) is 35.8 Å². The first-order chi connectivity index (χ1) is 12.1. The highest BCUT2D eigenvalue weighted by Crippen LogP contribution is 2.29. The van der Waals surface area contributed by atoms with Gasteiger partial charge in [-0.05, 0) is 60.3 Å². The molecule has 134 valence electrons. The molecule has 2 aromatic rings. The molecule has 1 atom stereocenters. The third-order valence-electron chi connectivity index (χ3n) is 4.99. The SMILES string of the molecule is CCCN1CCN(C(O)c2cccc(-c3cc(Cl)ccc3C)c2)CC1. The van der Waals surface area contributed by atoms with Gasteiger partial charge in [-0.3, -0.25) is 4.90 Å². The molecular weight excluding hydrogens is 332 g/mol. The maximum absolute atomic E-state index is 10.8. The predicted octanol–water partition coefficient (Wildman–Crippen LogP) is 4.33. The van der Waals surface area contributed by atoms with E-state index in [1.807, 2.05) is 30.3 Å². The van der Waals surface area contributed by atoms with Gasteiger partial charge in [0, 0.05) is 31.2 Å². The van der Waals surface area contributed by atoms with Crippen molar-refractivity contribution >= 4 is 11.6 Å². The highest BCUT2D eigenvalue weighted by molar-refractivity contribution is 6.30. The van der Waals surface area contributed by atoms with E-state index in [1.54, 1.807) is 0 Å². The van der Waals surface area contributed by atoms with Crippen LogP contribution in [-0.2, 0) is 0 Å². The Balaban J connectivity index is 1.76. The van der Waals surface area contributed by atoms with Gasteiger partial charge in [0.1, 0.15) is 6.23 Å². The minimum absolute atomic E-state index is 0.553. The number of aryl methyl sites for hydroxylation is 1. The van der Waals surface area contributed by atoms with E-state index >= 15 is 0 Å². The number of rotatable bonds is 5. The molecule has 0 saturated carbocycles. The zero-order valence-corrected chi connectivity index (χ0v) is 15.8. The summed E-state index contributed by atoms with van der Waals surface area (Å²) in [5, 5.41) is 11.6. The molecule has 0 radical (unpaired) electrons. The second-order valence-electron chi connectivity index (χ2n) is 6.84. The first-order valence-electron chi connectivity index (χ1n) is 9.09. The number of hydrogen-bond acceptors (Lipinski definition) is 3. The molecule has 3 nitrogen and oxygen atoms in total. The van der Waals surface area contributed by atoms with E-state index in [1.165, 1.54) is 12.0 Å². The highest BCUT2D eigenvalue weighted by Gasteiger charge is 2.23. The van der Waals surface area contributed by atoms with Gasteiger partial charge < -0.3 is 10.0 Å². The van der Waals surface area contributed by atoms with E-state index in [9.17, 15) is 5.11 Å². The first kappa shape index (κ1) is 18.4. The van der Waals surface area contributed by atoms with Gasteiger partial charge in [-0.1, -0.05) is 42.8 Å². The third-order valence-corrected chi connectivity index (χ3v) is 5.22. The molecule has 25 heavy (non-hydrogen) atoms. The summed E-state index contributed by atoms with van der Waals surface area (Å²) in [6.45, 7) is 9.30. The number of aliphatic hydroxyl groups excluding tert-OH is 1. The van der Waals surface area contributed by atoms with E-state index in [0.29, 0.717) is 0 Å². The fraction of sp³-hybridized carbons (Fsp3) is 0.429. The summed E-state index contributed by atoms with van der Waals surface area (Å²) in [5.74, 6) is 0. The fourth-order valence-corrected chi connectivity index (χ4v) is 3.70. The number of aliphatic hydroxyl groups is 1. The smallest absolute Gasteiger partial charge is 0.133 e. The van der Waals surface area contributed by atoms with E-state index in [4.69, 9.17) is 11.6 Å². The van der Waals surface area contributed by atoms with Crippen LogP contribution < -0.4 is 0 Å². The summed E-state index contributed by atoms with van der Waals surface area (Å²) >= 11 is 6.17. The molecule has 1 unspecified atom stereocenters. The molecule has 1 aliphatic rings. The Morgan fingerprint density at radius 1 is 1.08 bits per heavy atom. The van der Waals surface area contributed by atoms with Crippen molar-refractivity contribution in [1.82, 2.24) is 9.80 Å². The monoisotopic (exact) mass is 358 g/mol. The van der Waals surface area contributed by atoms with Gasteiger partial charge in [0.05, 0.1) is 0 Å². The zero-order valence-electron chi connectivity index (χ0n) is 15.1. The Labute approximate surface area is 155 Å². The molecule has 0 spiro atoms. The van der Waals surface area contributed by atoms with Gasteiger partial charge in [-0.25, -0.2) is 0 Å². The second kappa shape index (κ2) is 8.33. The lowest BCUT2D eigenvalue weighted by Gasteiger charge is -2.37. The maximum Gasteiger partial charge on any atom is 0.133 e. The van der Waals surface area contributed by atoms with Crippen molar-refractivity contribution in [1.29, 1.82) is 0 Å². The van der Waals surface area contributed by atoms with Crippen LogP contribution in [0.15, 0.2) is 42.5 Å². The lowest BCUT2D eigenvalue weighted by Crippen LogP contribution is -2.47. The molecule has 1 N–H and O–H groups in total. The molecule has 0 bridgehead atoms. The van der Waals surface area contributed by atoms with Gasteiger partial charge in [0.15, 0.2) is 0 Å². The molecule has 0 aliphatic carbocycles. The summed E-state index contributed by atoms with van der Waals surface area (Å²) in [6.07, 6.45) is 0.632. The second-order valence-corrected chi connectivity index (χ2v) is 7.27. The van der Waals surface area contributed by atoms with Crippen LogP contribution in [0, 0.1) is 6.92 Å².